The second-order valence-electron chi connectivity index (χ2n) is 6.27. The molecule has 4 nitrogen and oxygen atoms in total. The molecule has 2 aliphatic rings. The van der Waals surface area contributed by atoms with Crippen LogP contribution in [0.2, 0.25) is 0 Å². The topological polar surface area (TPSA) is 41.6 Å². The van der Waals surface area contributed by atoms with Crippen molar-refractivity contribution in [3.05, 3.63) is 0 Å². The van der Waals surface area contributed by atoms with Gasteiger partial charge in [0.25, 0.3) is 0 Å². The van der Waals surface area contributed by atoms with Crippen LogP contribution in [-0.2, 0) is 9.53 Å². The standard InChI is InChI=1S/C13H24N2O2/c1-9-11-6-14-5-10(11)7-15(9)12(16)8-17-13(2,3)4/h9-11,14H,5-8H2,1-4H3. The zero-order valence-corrected chi connectivity index (χ0v) is 11.3. The minimum absolute atomic E-state index is 0.141. The van der Waals surface area contributed by atoms with Crippen molar-refractivity contribution in [2.75, 3.05) is 26.2 Å². The molecule has 1 amide bonds. The zero-order chi connectivity index (χ0) is 12.6. The van der Waals surface area contributed by atoms with Gasteiger partial charge in [0.1, 0.15) is 6.61 Å². The van der Waals surface area contributed by atoms with Crippen LogP contribution in [0.3, 0.4) is 0 Å². The summed E-state index contributed by atoms with van der Waals surface area (Å²) in [4.78, 5) is 14.1. The first kappa shape index (κ1) is 12.8. The summed E-state index contributed by atoms with van der Waals surface area (Å²) in [6.45, 7) is 11.3. The molecule has 17 heavy (non-hydrogen) atoms. The number of nitrogens with zero attached hydrogens (tertiary/aromatic N) is 1. The molecule has 0 aromatic carbocycles. The van der Waals surface area contributed by atoms with Gasteiger partial charge < -0.3 is 15.0 Å². The van der Waals surface area contributed by atoms with E-state index < -0.39 is 0 Å². The number of carbonyl (C=O) groups is 1. The molecule has 0 bridgehead atoms. The van der Waals surface area contributed by atoms with E-state index in [1.807, 2.05) is 25.7 Å². The van der Waals surface area contributed by atoms with E-state index in [0.717, 1.165) is 19.6 Å². The molecule has 2 rings (SSSR count). The van der Waals surface area contributed by atoms with Crippen LogP contribution < -0.4 is 5.32 Å². The molecule has 0 aromatic rings. The van der Waals surface area contributed by atoms with Crippen molar-refractivity contribution < 1.29 is 9.53 Å². The Morgan fingerprint density at radius 1 is 1.41 bits per heavy atom. The fourth-order valence-corrected chi connectivity index (χ4v) is 2.86. The number of carbonyl (C=O) groups excluding carboxylic acids is 1. The van der Waals surface area contributed by atoms with Gasteiger partial charge in [-0.05, 0) is 39.5 Å². The van der Waals surface area contributed by atoms with Crippen molar-refractivity contribution in [1.82, 2.24) is 10.2 Å². The highest BCUT2D eigenvalue weighted by molar-refractivity contribution is 5.78. The van der Waals surface area contributed by atoms with Crippen molar-refractivity contribution in [1.29, 1.82) is 0 Å². The molecular weight excluding hydrogens is 216 g/mol. The monoisotopic (exact) mass is 240 g/mol. The highest BCUT2D eigenvalue weighted by Gasteiger charge is 2.43. The van der Waals surface area contributed by atoms with Crippen LogP contribution in [0.4, 0.5) is 0 Å². The fraction of sp³-hybridized carbons (Fsp3) is 0.923. The Morgan fingerprint density at radius 3 is 2.71 bits per heavy atom. The molecular formula is C13H24N2O2. The maximum atomic E-state index is 12.1. The maximum Gasteiger partial charge on any atom is 0.248 e. The van der Waals surface area contributed by atoms with E-state index in [0.29, 0.717) is 17.9 Å². The van der Waals surface area contributed by atoms with Gasteiger partial charge >= 0.3 is 0 Å². The van der Waals surface area contributed by atoms with Gasteiger partial charge in [0.2, 0.25) is 5.91 Å². The Bertz CT molecular complexity index is 298. The maximum absolute atomic E-state index is 12.1. The van der Waals surface area contributed by atoms with Gasteiger partial charge in [-0.1, -0.05) is 0 Å². The Kier molecular flexibility index (Phi) is 3.46. The Hall–Kier alpha value is -0.610. The molecule has 0 radical (unpaired) electrons. The summed E-state index contributed by atoms with van der Waals surface area (Å²) in [6.07, 6.45) is 0. The first-order valence-electron chi connectivity index (χ1n) is 6.52. The number of ether oxygens (including phenoxy) is 1. The molecule has 3 unspecified atom stereocenters. The lowest BCUT2D eigenvalue weighted by Crippen LogP contribution is -2.41. The second kappa shape index (κ2) is 4.58. The number of hydrogen-bond donors (Lipinski definition) is 1. The van der Waals surface area contributed by atoms with Gasteiger partial charge in [0, 0.05) is 25.7 Å². The third-order valence-electron chi connectivity index (χ3n) is 3.88. The summed E-state index contributed by atoms with van der Waals surface area (Å²) >= 11 is 0. The van der Waals surface area contributed by atoms with E-state index in [4.69, 9.17) is 4.74 Å². The molecule has 0 aliphatic carbocycles. The molecule has 2 saturated heterocycles. The highest BCUT2D eigenvalue weighted by Crippen LogP contribution is 2.32. The summed E-state index contributed by atoms with van der Waals surface area (Å²) in [5, 5.41) is 3.40. The van der Waals surface area contributed by atoms with Crippen LogP contribution >= 0.6 is 0 Å². The smallest absolute Gasteiger partial charge is 0.248 e. The van der Waals surface area contributed by atoms with Crippen LogP contribution in [0.1, 0.15) is 27.7 Å². The average molecular weight is 240 g/mol. The van der Waals surface area contributed by atoms with Crippen LogP contribution in [0.15, 0.2) is 0 Å². The minimum atomic E-state index is -0.240. The largest absolute Gasteiger partial charge is 0.366 e. The molecule has 0 saturated carbocycles. The highest BCUT2D eigenvalue weighted by atomic mass is 16.5. The van der Waals surface area contributed by atoms with Gasteiger partial charge in [0.15, 0.2) is 0 Å². The van der Waals surface area contributed by atoms with E-state index in [2.05, 4.69) is 12.2 Å². The van der Waals surface area contributed by atoms with Crippen molar-refractivity contribution in [2.24, 2.45) is 11.8 Å². The second-order valence-corrected chi connectivity index (χ2v) is 6.27. The first-order chi connectivity index (χ1) is 7.88. The normalized spacial score (nSPS) is 32.9. The third-order valence-corrected chi connectivity index (χ3v) is 3.88. The Morgan fingerprint density at radius 2 is 2.12 bits per heavy atom. The minimum Gasteiger partial charge on any atom is -0.366 e. The van der Waals surface area contributed by atoms with Crippen molar-refractivity contribution in [3.8, 4) is 0 Å². The molecule has 0 spiro atoms. The molecule has 0 aromatic heterocycles. The first-order valence-corrected chi connectivity index (χ1v) is 6.52. The predicted octanol–water partition coefficient (Wildman–Crippen LogP) is 0.868. The number of hydrogen-bond acceptors (Lipinski definition) is 3. The van der Waals surface area contributed by atoms with Gasteiger partial charge in [-0.15, -0.1) is 0 Å². The lowest BCUT2D eigenvalue weighted by atomic mass is 9.95. The van der Waals surface area contributed by atoms with Crippen LogP contribution in [-0.4, -0.2) is 48.7 Å². The summed E-state index contributed by atoms with van der Waals surface area (Å²) in [5.74, 6) is 1.42. The van der Waals surface area contributed by atoms with Crippen molar-refractivity contribution in [3.63, 3.8) is 0 Å². The van der Waals surface area contributed by atoms with E-state index >= 15 is 0 Å². The van der Waals surface area contributed by atoms with E-state index in [9.17, 15) is 4.79 Å². The van der Waals surface area contributed by atoms with Gasteiger partial charge in [-0.2, -0.15) is 0 Å². The lowest BCUT2D eigenvalue weighted by molar-refractivity contribution is -0.142. The summed E-state index contributed by atoms with van der Waals surface area (Å²) in [6, 6.07) is 0.353. The molecule has 98 valence electrons. The lowest BCUT2D eigenvalue weighted by Gasteiger charge is -2.26. The van der Waals surface area contributed by atoms with Gasteiger partial charge in [0.05, 0.1) is 5.60 Å². The van der Waals surface area contributed by atoms with Gasteiger partial charge in [-0.3, -0.25) is 4.79 Å². The molecule has 4 heteroatoms. The average Bonchev–Trinajstić information content (AvgIpc) is 2.77. The molecule has 2 fully saturated rings. The number of rotatable bonds is 2. The number of amides is 1. The van der Waals surface area contributed by atoms with Crippen LogP contribution in [0.25, 0.3) is 0 Å². The quantitative estimate of drug-likeness (QED) is 0.778. The number of fused-ring (bicyclic) bond motifs is 1. The summed E-state index contributed by atoms with van der Waals surface area (Å²) in [7, 11) is 0. The molecule has 3 atom stereocenters. The zero-order valence-electron chi connectivity index (χ0n) is 11.3. The SMILES string of the molecule is CC1C2CNCC2CN1C(=O)COC(C)(C)C. The predicted molar refractivity (Wildman–Crippen MR) is 66.7 cm³/mol. The Labute approximate surface area is 104 Å². The van der Waals surface area contributed by atoms with E-state index in [1.54, 1.807) is 0 Å². The summed E-state index contributed by atoms with van der Waals surface area (Å²) < 4.78 is 5.57. The fourth-order valence-electron chi connectivity index (χ4n) is 2.86. The number of nitrogens with one attached hydrogen (secondary N) is 1. The van der Waals surface area contributed by atoms with Crippen molar-refractivity contribution in [2.45, 2.75) is 39.3 Å². The van der Waals surface area contributed by atoms with Crippen LogP contribution in [0, 0.1) is 11.8 Å². The third kappa shape index (κ3) is 2.80. The van der Waals surface area contributed by atoms with E-state index in [-0.39, 0.29) is 18.1 Å². The summed E-state index contributed by atoms with van der Waals surface area (Å²) in [5.41, 5.74) is -0.240. The van der Waals surface area contributed by atoms with Gasteiger partial charge in [-0.25, -0.2) is 0 Å². The van der Waals surface area contributed by atoms with Crippen LogP contribution in [0.5, 0.6) is 0 Å². The Balaban J connectivity index is 1.88. The molecule has 1 N–H and O–H groups in total. The van der Waals surface area contributed by atoms with Crippen molar-refractivity contribution >= 4 is 5.91 Å². The molecule has 2 heterocycles. The van der Waals surface area contributed by atoms with E-state index in [1.165, 1.54) is 0 Å². The molecule has 2 aliphatic heterocycles. The number of likely N-dealkylation sites (tertiary alicyclic amines) is 1.